The summed E-state index contributed by atoms with van der Waals surface area (Å²) in [6.45, 7) is 0.519. The lowest BCUT2D eigenvalue weighted by atomic mass is 10.2. The van der Waals surface area contributed by atoms with E-state index in [9.17, 15) is 4.39 Å². The molecule has 4 rings (SSSR count). The maximum Gasteiger partial charge on any atom is 0.187 e. The summed E-state index contributed by atoms with van der Waals surface area (Å²) in [5.74, 6) is 0.518. The lowest BCUT2D eigenvalue weighted by molar-refractivity contribution is 0.306. The number of thiazole rings is 1. The first-order chi connectivity index (χ1) is 13.3. The molecule has 0 fully saturated rings. The molecule has 1 N–H and O–H groups in total. The summed E-state index contributed by atoms with van der Waals surface area (Å²) in [6, 6.07) is 24.2. The van der Waals surface area contributed by atoms with Gasteiger partial charge in [0.25, 0.3) is 0 Å². The highest BCUT2D eigenvalue weighted by Gasteiger charge is 2.06. The number of halogens is 1. The van der Waals surface area contributed by atoms with E-state index < -0.39 is 0 Å². The number of anilines is 2. The van der Waals surface area contributed by atoms with Gasteiger partial charge >= 0.3 is 0 Å². The normalized spacial score (nSPS) is 10.6. The summed E-state index contributed by atoms with van der Waals surface area (Å²) < 4.78 is 19.3. The third kappa shape index (κ3) is 4.51. The first-order valence-electron chi connectivity index (χ1n) is 8.51. The Morgan fingerprint density at radius 3 is 2.63 bits per heavy atom. The van der Waals surface area contributed by atoms with Crippen LogP contribution >= 0.6 is 11.3 Å². The van der Waals surface area contributed by atoms with Gasteiger partial charge in [0.2, 0.25) is 0 Å². The van der Waals surface area contributed by atoms with Gasteiger partial charge in [0.1, 0.15) is 18.2 Å². The number of hydrogen-bond donors (Lipinski definition) is 1. The minimum Gasteiger partial charge on any atom is -0.489 e. The molecule has 27 heavy (non-hydrogen) atoms. The maximum atomic E-state index is 13.4. The zero-order chi connectivity index (χ0) is 18.5. The van der Waals surface area contributed by atoms with Crippen LogP contribution in [0.15, 0.2) is 84.2 Å². The first-order valence-corrected chi connectivity index (χ1v) is 9.39. The molecular weight excluding hydrogens is 359 g/mol. The number of ether oxygens (including phenoxy) is 1. The van der Waals surface area contributed by atoms with E-state index >= 15 is 0 Å². The second kappa shape index (κ2) is 8.01. The predicted octanol–water partition coefficient (Wildman–Crippen LogP) is 6.27. The van der Waals surface area contributed by atoms with Crippen LogP contribution in [0.5, 0.6) is 5.75 Å². The fourth-order valence-corrected chi connectivity index (χ4v) is 3.38. The molecule has 0 aliphatic heterocycles. The van der Waals surface area contributed by atoms with E-state index in [4.69, 9.17) is 4.74 Å². The summed E-state index contributed by atoms with van der Waals surface area (Å²) in [5, 5.41) is 5.94. The molecule has 0 bridgehead atoms. The van der Waals surface area contributed by atoms with Crippen molar-refractivity contribution in [3.05, 3.63) is 95.6 Å². The highest BCUT2D eigenvalue weighted by atomic mass is 32.1. The van der Waals surface area contributed by atoms with Crippen molar-refractivity contribution in [1.29, 1.82) is 0 Å². The van der Waals surface area contributed by atoms with E-state index in [0.717, 1.165) is 33.4 Å². The molecular formula is C22H17FN2OS. The standard InChI is InChI=1S/C22H17FN2OS/c23-18-9-4-8-17(12-18)21-15-27-22(25-21)24-19-10-5-11-20(13-19)26-14-16-6-2-1-3-7-16/h1-13,15H,14H2,(H,24,25). The van der Waals surface area contributed by atoms with Crippen molar-refractivity contribution in [2.24, 2.45) is 0 Å². The van der Waals surface area contributed by atoms with Crippen LogP contribution in [0.25, 0.3) is 11.3 Å². The molecule has 0 unspecified atom stereocenters. The Morgan fingerprint density at radius 2 is 1.78 bits per heavy atom. The molecule has 1 heterocycles. The molecule has 0 atom stereocenters. The van der Waals surface area contributed by atoms with Crippen molar-refractivity contribution in [1.82, 2.24) is 4.98 Å². The Bertz CT molecular complexity index is 1030. The van der Waals surface area contributed by atoms with Crippen molar-refractivity contribution in [3.63, 3.8) is 0 Å². The molecule has 0 aliphatic rings. The molecule has 0 radical (unpaired) electrons. The Balaban J connectivity index is 1.44. The molecule has 0 saturated heterocycles. The molecule has 3 nitrogen and oxygen atoms in total. The van der Waals surface area contributed by atoms with E-state index in [1.54, 1.807) is 6.07 Å². The van der Waals surface area contributed by atoms with Crippen molar-refractivity contribution in [2.45, 2.75) is 6.61 Å². The van der Waals surface area contributed by atoms with Crippen molar-refractivity contribution in [3.8, 4) is 17.0 Å². The fraction of sp³-hybridized carbons (Fsp3) is 0.0455. The van der Waals surface area contributed by atoms with Crippen LogP contribution in [-0.2, 0) is 6.61 Å². The Morgan fingerprint density at radius 1 is 0.926 bits per heavy atom. The fourth-order valence-electron chi connectivity index (χ4n) is 2.64. The SMILES string of the molecule is Fc1cccc(-c2csc(Nc3cccc(OCc4ccccc4)c3)n2)c1. The molecule has 0 aliphatic carbocycles. The number of nitrogens with zero attached hydrogens (tertiary/aromatic N) is 1. The van der Waals surface area contributed by atoms with Gasteiger partial charge in [-0.2, -0.15) is 0 Å². The third-order valence-electron chi connectivity index (χ3n) is 3.96. The van der Waals surface area contributed by atoms with Crippen LogP contribution in [0.3, 0.4) is 0 Å². The summed E-state index contributed by atoms with van der Waals surface area (Å²) in [4.78, 5) is 4.54. The zero-order valence-corrected chi connectivity index (χ0v) is 15.2. The lowest BCUT2D eigenvalue weighted by Crippen LogP contribution is -1.96. The number of benzene rings is 3. The van der Waals surface area contributed by atoms with Gasteiger partial charge in [-0.25, -0.2) is 9.37 Å². The van der Waals surface area contributed by atoms with Crippen LogP contribution in [0.4, 0.5) is 15.2 Å². The number of rotatable bonds is 6. The van der Waals surface area contributed by atoms with Crippen LogP contribution in [0.2, 0.25) is 0 Å². The van der Waals surface area contributed by atoms with Crippen LogP contribution in [0.1, 0.15) is 5.56 Å². The van der Waals surface area contributed by atoms with Gasteiger partial charge < -0.3 is 10.1 Å². The summed E-state index contributed by atoms with van der Waals surface area (Å²) >= 11 is 1.48. The van der Waals surface area contributed by atoms with Gasteiger partial charge in [0.15, 0.2) is 5.13 Å². The molecule has 4 aromatic rings. The molecule has 5 heteroatoms. The highest BCUT2D eigenvalue weighted by molar-refractivity contribution is 7.14. The van der Waals surface area contributed by atoms with E-state index in [1.165, 1.54) is 23.5 Å². The van der Waals surface area contributed by atoms with Gasteiger partial charge in [-0.05, 0) is 29.8 Å². The Hall–Kier alpha value is -3.18. The van der Waals surface area contributed by atoms with Crippen LogP contribution in [-0.4, -0.2) is 4.98 Å². The van der Waals surface area contributed by atoms with E-state index in [-0.39, 0.29) is 5.82 Å². The van der Waals surface area contributed by atoms with E-state index in [1.807, 2.05) is 66.0 Å². The summed E-state index contributed by atoms with van der Waals surface area (Å²) in [5.41, 5.74) is 3.52. The smallest absolute Gasteiger partial charge is 0.187 e. The average molecular weight is 376 g/mol. The maximum absolute atomic E-state index is 13.4. The van der Waals surface area contributed by atoms with Gasteiger partial charge in [0.05, 0.1) is 5.69 Å². The van der Waals surface area contributed by atoms with Gasteiger partial charge in [0, 0.05) is 22.7 Å². The van der Waals surface area contributed by atoms with E-state index in [2.05, 4.69) is 10.3 Å². The van der Waals surface area contributed by atoms with Gasteiger partial charge in [-0.3, -0.25) is 0 Å². The molecule has 134 valence electrons. The average Bonchev–Trinajstić information content (AvgIpc) is 3.16. The monoisotopic (exact) mass is 376 g/mol. The van der Waals surface area contributed by atoms with Crippen LogP contribution < -0.4 is 10.1 Å². The minimum atomic E-state index is -0.265. The largest absolute Gasteiger partial charge is 0.489 e. The highest BCUT2D eigenvalue weighted by Crippen LogP contribution is 2.28. The van der Waals surface area contributed by atoms with Gasteiger partial charge in [-0.15, -0.1) is 11.3 Å². The Kier molecular flexibility index (Phi) is 5.12. The van der Waals surface area contributed by atoms with Crippen molar-refractivity contribution >= 4 is 22.2 Å². The van der Waals surface area contributed by atoms with Crippen molar-refractivity contribution < 1.29 is 9.13 Å². The lowest BCUT2D eigenvalue weighted by Gasteiger charge is -2.08. The number of aromatic nitrogens is 1. The first kappa shape index (κ1) is 17.2. The quantitative estimate of drug-likeness (QED) is 0.430. The molecule has 1 aromatic heterocycles. The molecule has 0 spiro atoms. The summed E-state index contributed by atoms with van der Waals surface area (Å²) in [6.07, 6.45) is 0. The summed E-state index contributed by atoms with van der Waals surface area (Å²) in [7, 11) is 0. The Labute approximate surface area is 161 Å². The number of nitrogens with one attached hydrogen (secondary N) is 1. The van der Waals surface area contributed by atoms with Gasteiger partial charge in [-0.1, -0.05) is 48.5 Å². The zero-order valence-electron chi connectivity index (χ0n) is 14.4. The van der Waals surface area contributed by atoms with Crippen LogP contribution in [0, 0.1) is 5.82 Å². The second-order valence-corrected chi connectivity index (χ2v) is 6.83. The molecule has 3 aromatic carbocycles. The second-order valence-electron chi connectivity index (χ2n) is 5.98. The number of hydrogen-bond acceptors (Lipinski definition) is 4. The molecule has 0 saturated carbocycles. The third-order valence-corrected chi connectivity index (χ3v) is 4.72. The minimum absolute atomic E-state index is 0.265. The topological polar surface area (TPSA) is 34.1 Å². The van der Waals surface area contributed by atoms with Crippen molar-refractivity contribution in [2.75, 3.05) is 5.32 Å². The molecule has 0 amide bonds. The van der Waals surface area contributed by atoms with E-state index in [0.29, 0.717) is 6.61 Å². The predicted molar refractivity (Wildman–Crippen MR) is 108 cm³/mol.